The molecule has 1 heterocycles. The van der Waals surface area contributed by atoms with Gasteiger partial charge in [0.05, 0.1) is 16.5 Å². The van der Waals surface area contributed by atoms with Gasteiger partial charge in [-0.3, -0.25) is 9.78 Å². The second kappa shape index (κ2) is 5.01. The van der Waals surface area contributed by atoms with Gasteiger partial charge in [-0.2, -0.15) is 13.2 Å². The molecule has 88 valence electrons. The molecular formula is C9H6Cl2F3NO. The summed E-state index contributed by atoms with van der Waals surface area (Å²) in [6.07, 6.45) is -5.06. The van der Waals surface area contributed by atoms with E-state index in [4.69, 9.17) is 23.2 Å². The highest BCUT2D eigenvalue weighted by Crippen LogP contribution is 2.24. The Morgan fingerprint density at radius 2 is 2.00 bits per heavy atom. The molecule has 7 heteroatoms. The number of hydrogen-bond donors (Lipinski definition) is 0. The van der Waals surface area contributed by atoms with Crippen molar-refractivity contribution in [1.29, 1.82) is 0 Å². The van der Waals surface area contributed by atoms with E-state index in [2.05, 4.69) is 4.98 Å². The Morgan fingerprint density at radius 1 is 1.38 bits per heavy atom. The zero-order chi connectivity index (χ0) is 12.3. The van der Waals surface area contributed by atoms with Crippen molar-refractivity contribution in [3.63, 3.8) is 0 Å². The van der Waals surface area contributed by atoms with Crippen LogP contribution >= 0.6 is 23.2 Å². The molecule has 0 bridgehead atoms. The van der Waals surface area contributed by atoms with Crippen molar-refractivity contribution in [2.75, 3.05) is 0 Å². The van der Waals surface area contributed by atoms with Crippen LogP contribution in [0, 0.1) is 0 Å². The third-order valence-electron chi connectivity index (χ3n) is 1.71. The molecule has 0 spiro atoms. The molecule has 1 rings (SSSR count). The number of rotatable bonds is 3. The fourth-order valence-electron chi connectivity index (χ4n) is 0.993. The van der Waals surface area contributed by atoms with Gasteiger partial charge in [-0.1, -0.05) is 23.2 Å². The lowest BCUT2D eigenvalue weighted by Crippen LogP contribution is -2.12. The number of aromatic nitrogens is 1. The summed E-state index contributed by atoms with van der Waals surface area (Å²) < 4.78 is 35.6. The fourth-order valence-corrected chi connectivity index (χ4v) is 1.48. The summed E-state index contributed by atoms with van der Waals surface area (Å²) in [5, 5.41) is 0.178. The van der Waals surface area contributed by atoms with E-state index in [1.54, 1.807) is 0 Å². The Bertz CT molecular complexity index is 406. The maximum absolute atomic E-state index is 11.9. The van der Waals surface area contributed by atoms with Crippen LogP contribution in [0.3, 0.4) is 0 Å². The molecule has 0 amide bonds. The molecule has 0 saturated carbocycles. The van der Waals surface area contributed by atoms with Gasteiger partial charge < -0.3 is 0 Å². The van der Waals surface area contributed by atoms with E-state index in [0.29, 0.717) is 0 Å². The van der Waals surface area contributed by atoms with Gasteiger partial charge >= 0.3 is 6.18 Å². The van der Waals surface area contributed by atoms with Crippen LogP contribution < -0.4 is 0 Å². The summed E-state index contributed by atoms with van der Waals surface area (Å²) in [5.41, 5.74) is -0.185. The van der Waals surface area contributed by atoms with Crippen molar-refractivity contribution in [1.82, 2.24) is 4.98 Å². The Balaban J connectivity index is 2.74. The molecule has 1 aromatic heterocycles. The number of carbonyl (C=O) groups is 1. The maximum Gasteiger partial charge on any atom is 0.389 e. The highest BCUT2D eigenvalue weighted by molar-refractivity contribution is 6.36. The van der Waals surface area contributed by atoms with Gasteiger partial charge in [-0.15, -0.1) is 0 Å². The normalized spacial score (nSPS) is 11.6. The summed E-state index contributed by atoms with van der Waals surface area (Å²) in [4.78, 5) is 14.9. The largest absolute Gasteiger partial charge is 0.389 e. The van der Waals surface area contributed by atoms with E-state index in [0.717, 1.165) is 6.20 Å². The van der Waals surface area contributed by atoms with Crippen LogP contribution in [-0.4, -0.2) is 16.9 Å². The first-order valence-corrected chi connectivity index (χ1v) is 4.96. The van der Waals surface area contributed by atoms with Gasteiger partial charge in [0.25, 0.3) is 0 Å². The quantitative estimate of drug-likeness (QED) is 0.781. The molecule has 16 heavy (non-hydrogen) atoms. The topological polar surface area (TPSA) is 30.0 Å². The van der Waals surface area contributed by atoms with Gasteiger partial charge in [0.1, 0.15) is 5.69 Å². The lowest BCUT2D eigenvalue weighted by atomic mass is 10.1. The standard InChI is InChI=1S/C9H6Cl2F3NO/c10-5-3-6(11)8(15-4-5)7(16)1-2-9(12,13)14/h3-4H,1-2H2. The molecular weight excluding hydrogens is 266 g/mol. The smallest absolute Gasteiger partial charge is 0.292 e. The summed E-state index contributed by atoms with van der Waals surface area (Å²) >= 11 is 11.2. The first-order valence-electron chi connectivity index (χ1n) is 4.20. The number of Topliss-reactive ketones (excluding diaryl/α,β-unsaturated/α-hetero) is 1. The average molecular weight is 272 g/mol. The minimum absolute atomic E-state index is 0.0420. The highest BCUT2D eigenvalue weighted by Gasteiger charge is 2.28. The van der Waals surface area contributed by atoms with Gasteiger partial charge in [0.2, 0.25) is 0 Å². The van der Waals surface area contributed by atoms with Crippen molar-refractivity contribution in [2.45, 2.75) is 19.0 Å². The molecule has 1 aromatic rings. The Kier molecular flexibility index (Phi) is 4.15. The van der Waals surface area contributed by atoms with E-state index in [1.807, 2.05) is 0 Å². The first-order chi connectivity index (χ1) is 7.29. The van der Waals surface area contributed by atoms with Crippen LogP contribution in [0.5, 0.6) is 0 Å². The molecule has 0 aliphatic rings. The molecule has 0 aliphatic carbocycles. The molecule has 2 nitrogen and oxygen atoms in total. The van der Waals surface area contributed by atoms with E-state index in [1.165, 1.54) is 6.07 Å². The maximum atomic E-state index is 11.9. The molecule has 0 radical (unpaired) electrons. The van der Waals surface area contributed by atoms with Gasteiger partial charge in [-0.05, 0) is 6.07 Å². The van der Waals surface area contributed by atoms with Crippen molar-refractivity contribution < 1.29 is 18.0 Å². The summed E-state index contributed by atoms with van der Waals surface area (Å²) in [7, 11) is 0. The SMILES string of the molecule is O=C(CCC(F)(F)F)c1ncc(Cl)cc1Cl. The van der Waals surface area contributed by atoms with E-state index < -0.39 is 24.8 Å². The van der Waals surface area contributed by atoms with Crippen molar-refractivity contribution >= 4 is 29.0 Å². The predicted molar refractivity (Wildman–Crippen MR) is 53.9 cm³/mol. The molecule has 0 saturated heterocycles. The molecule has 0 N–H and O–H groups in total. The van der Waals surface area contributed by atoms with Gasteiger partial charge in [-0.25, -0.2) is 0 Å². The summed E-state index contributed by atoms with van der Waals surface area (Å²) in [6.45, 7) is 0. The minimum Gasteiger partial charge on any atom is -0.292 e. The third-order valence-corrected chi connectivity index (χ3v) is 2.20. The van der Waals surface area contributed by atoms with Crippen LogP contribution in [0.2, 0.25) is 10.0 Å². The van der Waals surface area contributed by atoms with Crippen LogP contribution in [-0.2, 0) is 0 Å². The van der Waals surface area contributed by atoms with E-state index in [9.17, 15) is 18.0 Å². The number of pyridine rings is 1. The van der Waals surface area contributed by atoms with Gasteiger partial charge in [0, 0.05) is 12.6 Å². The number of alkyl halides is 3. The van der Waals surface area contributed by atoms with Crippen molar-refractivity contribution in [3.8, 4) is 0 Å². The molecule has 0 aromatic carbocycles. The number of carbonyl (C=O) groups excluding carboxylic acids is 1. The lowest BCUT2D eigenvalue weighted by molar-refractivity contribution is -0.133. The van der Waals surface area contributed by atoms with Crippen LogP contribution in [0.15, 0.2) is 12.3 Å². The number of halogens is 5. The van der Waals surface area contributed by atoms with Crippen LogP contribution in [0.25, 0.3) is 0 Å². The first kappa shape index (κ1) is 13.3. The zero-order valence-corrected chi connectivity index (χ0v) is 9.33. The Labute approximate surface area is 99.4 Å². The van der Waals surface area contributed by atoms with E-state index >= 15 is 0 Å². The number of hydrogen-bond acceptors (Lipinski definition) is 2. The molecule has 0 aliphatic heterocycles. The predicted octanol–water partition coefficient (Wildman–Crippen LogP) is 3.91. The zero-order valence-electron chi connectivity index (χ0n) is 7.81. The molecule has 0 atom stereocenters. The van der Waals surface area contributed by atoms with Crippen LogP contribution in [0.1, 0.15) is 23.3 Å². The van der Waals surface area contributed by atoms with Gasteiger partial charge in [0.15, 0.2) is 5.78 Å². The van der Waals surface area contributed by atoms with E-state index in [-0.39, 0.29) is 15.7 Å². The Hall–Kier alpha value is -0.810. The highest BCUT2D eigenvalue weighted by atomic mass is 35.5. The van der Waals surface area contributed by atoms with Crippen LogP contribution in [0.4, 0.5) is 13.2 Å². The lowest BCUT2D eigenvalue weighted by Gasteiger charge is -2.05. The monoisotopic (exact) mass is 271 g/mol. The number of nitrogens with zero attached hydrogens (tertiary/aromatic N) is 1. The second-order valence-corrected chi connectivity index (χ2v) is 3.87. The average Bonchev–Trinajstić information content (AvgIpc) is 2.13. The van der Waals surface area contributed by atoms with Crippen molar-refractivity contribution in [2.24, 2.45) is 0 Å². The van der Waals surface area contributed by atoms with Crippen molar-refractivity contribution in [3.05, 3.63) is 28.0 Å². The Morgan fingerprint density at radius 3 is 2.50 bits per heavy atom. The summed E-state index contributed by atoms with van der Waals surface area (Å²) in [5.74, 6) is -0.751. The summed E-state index contributed by atoms with van der Waals surface area (Å²) in [6, 6.07) is 1.26. The minimum atomic E-state index is -4.37. The number of ketones is 1. The third kappa shape index (κ3) is 3.98. The second-order valence-electron chi connectivity index (χ2n) is 3.02. The molecule has 0 fully saturated rings. The fraction of sp³-hybridized carbons (Fsp3) is 0.333. The molecule has 0 unspecified atom stereocenters.